The fourth-order valence-electron chi connectivity index (χ4n) is 3.54. The number of benzene rings is 1. The highest BCUT2D eigenvalue weighted by molar-refractivity contribution is 7.22. The summed E-state index contributed by atoms with van der Waals surface area (Å²) in [6.07, 6.45) is 2.32. The predicted octanol–water partition coefficient (Wildman–Crippen LogP) is 3.71. The van der Waals surface area contributed by atoms with Crippen LogP contribution in [0.15, 0.2) is 42.6 Å². The first-order chi connectivity index (χ1) is 15.5. The Morgan fingerprint density at radius 1 is 1.09 bits per heavy atom. The summed E-state index contributed by atoms with van der Waals surface area (Å²) in [5.74, 6) is -0.364. The highest BCUT2D eigenvalue weighted by Crippen LogP contribution is 2.29. The second-order valence-electron chi connectivity index (χ2n) is 7.56. The zero-order valence-corrected chi connectivity index (χ0v) is 18.9. The number of thiazole rings is 2. The van der Waals surface area contributed by atoms with Gasteiger partial charge in [0.15, 0.2) is 10.3 Å². The first kappa shape index (κ1) is 20.7. The number of aryl methyl sites for hydroxylation is 1. The molecule has 2 N–H and O–H groups in total. The maximum Gasteiger partial charge on any atom is 0.276 e. The lowest BCUT2D eigenvalue weighted by molar-refractivity contribution is -0.117. The molecule has 4 heterocycles. The molecule has 1 aliphatic heterocycles. The van der Waals surface area contributed by atoms with E-state index in [9.17, 15) is 9.59 Å². The first-order valence-corrected chi connectivity index (χ1v) is 11.8. The van der Waals surface area contributed by atoms with Crippen LogP contribution in [0.3, 0.4) is 0 Å². The van der Waals surface area contributed by atoms with Crippen LogP contribution in [0.5, 0.6) is 0 Å². The molecule has 4 aromatic rings. The minimum Gasteiger partial charge on any atom is -0.301 e. The molecular weight excluding hydrogens is 444 g/mol. The van der Waals surface area contributed by atoms with Gasteiger partial charge in [-0.25, -0.2) is 9.97 Å². The molecular formula is C22H20N6O2S2. The Balaban J connectivity index is 1.19. The van der Waals surface area contributed by atoms with E-state index in [4.69, 9.17) is 0 Å². The van der Waals surface area contributed by atoms with Gasteiger partial charge in [0.1, 0.15) is 5.69 Å². The van der Waals surface area contributed by atoms with E-state index in [0.717, 1.165) is 33.8 Å². The summed E-state index contributed by atoms with van der Waals surface area (Å²) in [5.41, 5.74) is 3.39. The van der Waals surface area contributed by atoms with Crippen LogP contribution >= 0.6 is 22.7 Å². The standard InChI is InChI=1S/C22H20N6O2S2/c1-13-5-6-14-17(10-13)31-21(24-14)26-19(29)12-28-9-7-15-18(11-28)32-22(25-15)27-20(30)16-4-2-3-8-23-16/h2-6,8,10H,7,9,11-12H2,1H3,(H,24,26,29)(H,25,27,30). The predicted molar refractivity (Wildman–Crippen MR) is 126 cm³/mol. The molecule has 0 saturated heterocycles. The van der Waals surface area contributed by atoms with Gasteiger partial charge in [0.25, 0.3) is 5.91 Å². The summed E-state index contributed by atoms with van der Waals surface area (Å²) in [6.45, 7) is 3.68. The Morgan fingerprint density at radius 3 is 2.81 bits per heavy atom. The van der Waals surface area contributed by atoms with Crippen molar-refractivity contribution in [2.45, 2.75) is 19.9 Å². The maximum atomic E-state index is 12.6. The fraction of sp³-hybridized carbons (Fsp3) is 0.227. The Labute approximate surface area is 192 Å². The van der Waals surface area contributed by atoms with Gasteiger partial charge >= 0.3 is 0 Å². The molecule has 10 heteroatoms. The molecule has 3 aromatic heterocycles. The molecule has 8 nitrogen and oxygen atoms in total. The zero-order valence-electron chi connectivity index (χ0n) is 17.3. The van der Waals surface area contributed by atoms with Gasteiger partial charge in [0.05, 0.1) is 22.5 Å². The van der Waals surface area contributed by atoms with Gasteiger partial charge in [-0.15, -0.1) is 11.3 Å². The van der Waals surface area contributed by atoms with Gasteiger partial charge in [0, 0.05) is 30.6 Å². The second kappa shape index (κ2) is 8.73. The third-order valence-electron chi connectivity index (χ3n) is 5.09. The molecule has 0 aliphatic carbocycles. The number of carbonyl (C=O) groups is 2. The number of aromatic nitrogens is 3. The molecule has 0 radical (unpaired) electrons. The molecule has 5 rings (SSSR count). The van der Waals surface area contributed by atoms with Crippen molar-refractivity contribution in [2.24, 2.45) is 0 Å². The Bertz CT molecular complexity index is 1300. The van der Waals surface area contributed by atoms with E-state index in [-0.39, 0.29) is 18.4 Å². The highest BCUT2D eigenvalue weighted by Gasteiger charge is 2.23. The Kier molecular flexibility index (Phi) is 5.64. The molecule has 0 atom stereocenters. The highest BCUT2D eigenvalue weighted by atomic mass is 32.1. The number of hydrogen-bond acceptors (Lipinski definition) is 8. The minimum atomic E-state index is -0.279. The van der Waals surface area contributed by atoms with Gasteiger partial charge in [-0.05, 0) is 36.8 Å². The molecule has 32 heavy (non-hydrogen) atoms. The van der Waals surface area contributed by atoms with Gasteiger partial charge < -0.3 is 5.32 Å². The van der Waals surface area contributed by atoms with Crippen LogP contribution in [-0.4, -0.2) is 44.8 Å². The normalized spacial score (nSPS) is 13.7. The summed E-state index contributed by atoms with van der Waals surface area (Å²) >= 11 is 2.93. The van der Waals surface area contributed by atoms with Crippen LogP contribution in [0.2, 0.25) is 0 Å². The lowest BCUT2D eigenvalue weighted by Gasteiger charge is -2.24. The quantitative estimate of drug-likeness (QED) is 0.467. The Hall–Kier alpha value is -3.21. The monoisotopic (exact) mass is 464 g/mol. The number of anilines is 2. The van der Waals surface area contributed by atoms with E-state index in [1.165, 1.54) is 28.2 Å². The van der Waals surface area contributed by atoms with Crippen LogP contribution in [-0.2, 0) is 17.8 Å². The van der Waals surface area contributed by atoms with E-state index in [0.29, 0.717) is 22.5 Å². The maximum absolute atomic E-state index is 12.6. The van der Waals surface area contributed by atoms with Crippen molar-refractivity contribution in [3.63, 3.8) is 0 Å². The second-order valence-corrected chi connectivity index (χ2v) is 9.67. The summed E-state index contributed by atoms with van der Waals surface area (Å²) in [7, 11) is 0. The van der Waals surface area contributed by atoms with Crippen molar-refractivity contribution in [3.05, 3.63) is 64.4 Å². The first-order valence-electron chi connectivity index (χ1n) is 10.1. The molecule has 0 saturated carbocycles. The fourth-order valence-corrected chi connectivity index (χ4v) is 5.57. The van der Waals surface area contributed by atoms with Crippen molar-refractivity contribution >= 4 is 55.0 Å². The summed E-state index contributed by atoms with van der Waals surface area (Å²) in [4.78, 5) is 41.2. The van der Waals surface area contributed by atoms with Crippen LogP contribution in [0.4, 0.5) is 10.3 Å². The molecule has 0 unspecified atom stereocenters. The third kappa shape index (κ3) is 4.52. The lowest BCUT2D eigenvalue weighted by atomic mass is 10.2. The van der Waals surface area contributed by atoms with E-state index >= 15 is 0 Å². The topological polar surface area (TPSA) is 100 Å². The SMILES string of the molecule is Cc1ccc2nc(NC(=O)CN3CCc4nc(NC(=O)c5ccccn5)sc4C3)sc2c1. The number of amides is 2. The molecule has 1 aliphatic rings. The van der Waals surface area contributed by atoms with Crippen molar-refractivity contribution in [1.82, 2.24) is 19.9 Å². The minimum absolute atomic E-state index is 0.0857. The summed E-state index contributed by atoms with van der Waals surface area (Å²) in [5, 5.41) is 6.92. The molecule has 2 amide bonds. The smallest absolute Gasteiger partial charge is 0.276 e. The average Bonchev–Trinajstić information content (AvgIpc) is 3.36. The largest absolute Gasteiger partial charge is 0.301 e. The lowest BCUT2D eigenvalue weighted by Crippen LogP contribution is -2.36. The number of hydrogen-bond donors (Lipinski definition) is 2. The summed E-state index contributed by atoms with van der Waals surface area (Å²) in [6, 6.07) is 11.3. The van der Waals surface area contributed by atoms with Crippen LogP contribution in [0.1, 0.15) is 26.6 Å². The van der Waals surface area contributed by atoms with E-state index in [1.54, 1.807) is 24.4 Å². The van der Waals surface area contributed by atoms with Crippen LogP contribution in [0.25, 0.3) is 10.2 Å². The van der Waals surface area contributed by atoms with E-state index in [1.807, 2.05) is 19.1 Å². The number of carbonyl (C=O) groups excluding carboxylic acids is 2. The van der Waals surface area contributed by atoms with Crippen LogP contribution in [0, 0.1) is 6.92 Å². The zero-order chi connectivity index (χ0) is 22.1. The van der Waals surface area contributed by atoms with Crippen molar-refractivity contribution in [2.75, 3.05) is 23.7 Å². The summed E-state index contributed by atoms with van der Waals surface area (Å²) < 4.78 is 1.06. The van der Waals surface area contributed by atoms with E-state index < -0.39 is 0 Å². The number of nitrogens with zero attached hydrogens (tertiary/aromatic N) is 4. The molecule has 0 spiro atoms. The van der Waals surface area contributed by atoms with Crippen LogP contribution < -0.4 is 10.6 Å². The molecule has 1 aromatic carbocycles. The van der Waals surface area contributed by atoms with Gasteiger partial charge in [-0.1, -0.05) is 23.5 Å². The number of pyridine rings is 1. The van der Waals surface area contributed by atoms with E-state index in [2.05, 4.69) is 36.6 Å². The molecule has 0 bridgehead atoms. The molecule has 0 fully saturated rings. The number of nitrogens with one attached hydrogen (secondary N) is 2. The number of rotatable bonds is 5. The third-order valence-corrected chi connectivity index (χ3v) is 7.02. The van der Waals surface area contributed by atoms with Crippen molar-refractivity contribution in [1.29, 1.82) is 0 Å². The van der Waals surface area contributed by atoms with Crippen molar-refractivity contribution in [3.8, 4) is 0 Å². The Morgan fingerprint density at radius 2 is 1.97 bits per heavy atom. The van der Waals surface area contributed by atoms with Crippen molar-refractivity contribution < 1.29 is 9.59 Å². The molecule has 162 valence electrons. The average molecular weight is 465 g/mol. The van der Waals surface area contributed by atoms with Gasteiger partial charge in [-0.3, -0.25) is 24.8 Å². The van der Waals surface area contributed by atoms with Gasteiger partial charge in [-0.2, -0.15) is 0 Å². The van der Waals surface area contributed by atoms with Gasteiger partial charge in [0.2, 0.25) is 5.91 Å². The number of fused-ring (bicyclic) bond motifs is 2.